The number of fused-ring (bicyclic) bond motifs is 2. The molecule has 1 amide bonds. The molecule has 0 unspecified atom stereocenters. The number of anilines is 1. The number of aliphatic hydroxyl groups is 1. The van der Waals surface area contributed by atoms with Crippen LogP contribution in [0.2, 0.25) is 5.02 Å². The van der Waals surface area contributed by atoms with E-state index in [1.807, 2.05) is 37.3 Å². The molecule has 2 aliphatic rings. The summed E-state index contributed by atoms with van der Waals surface area (Å²) in [6.07, 6.45) is 2.62. The minimum Gasteiger partial charge on any atom is -0.507 e. The second-order valence-corrected chi connectivity index (χ2v) is 11.5. The molecular weight excluding hydrogens is 548 g/mol. The minimum absolute atomic E-state index is 0.0000829. The van der Waals surface area contributed by atoms with Crippen molar-refractivity contribution in [2.45, 2.75) is 45.3 Å². The fraction of sp³-hybridized carbons (Fsp3) is 0.258. The number of nitrogens with zero attached hydrogens (tertiary/aromatic N) is 2. The number of halogens is 1. The molecule has 3 heterocycles. The van der Waals surface area contributed by atoms with Crippen LogP contribution in [-0.2, 0) is 16.0 Å². The quantitative estimate of drug-likeness (QED) is 0.110. The first-order chi connectivity index (χ1) is 19.3. The van der Waals surface area contributed by atoms with Crippen LogP contribution in [0.1, 0.15) is 49.4 Å². The van der Waals surface area contributed by atoms with Crippen LogP contribution in [0.5, 0.6) is 11.5 Å². The number of carbonyl (C=O) groups excluding carboxylic acids is 2. The van der Waals surface area contributed by atoms with Gasteiger partial charge in [-0.1, -0.05) is 48.4 Å². The molecular formula is C31H27ClN2O5S. The van der Waals surface area contributed by atoms with E-state index in [-0.39, 0.29) is 17.4 Å². The molecule has 6 rings (SSSR count). The highest BCUT2D eigenvalue weighted by atomic mass is 35.5. The lowest BCUT2D eigenvalue weighted by Crippen LogP contribution is -2.29. The molecule has 1 fully saturated rings. The summed E-state index contributed by atoms with van der Waals surface area (Å²) in [5.74, 6) is -0.397. The number of amides is 1. The molecule has 0 spiro atoms. The van der Waals surface area contributed by atoms with Crippen LogP contribution in [0.25, 0.3) is 16.0 Å². The predicted octanol–water partition coefficient (Wildman–Crippen LogP) is 7.08. The van der Waals surface area contributed by atoms with Crippen LogP contribution < -0.4 is 14.4 Å². The number of thiazole rings is 1. The summed E-state index contributed by atoms with van der Waals surface area (Å²) in [5.41, 5.74) is 2.68. The van der Waals surface area contributed by atoms with Crippen molar-refractivity contribution >= 4 is 55.7 Å². The topological polar surface area (TPSA) is 89.0 Å². The third-order valence-electron chi connectivity index (χ3n) is 7.10. The number of ketones is 1. The molecule has 1 aromatic heterocycles. The standard InChI is InChI=1S/C31H27ClN2O5S/c1-3-4-12-38-22-7-5-6-18(15-22)27-26(28(35)19-8-11-24-20(14-19)13-17(2)39-24)29(36)30(37)34(27)31-33-23-10-9-21(32)16-25(23)40-31/h5-11,14-17,27,35H,3-4,12-13H2,1-2H3/t17-,27+/m1/s1. The molecule has 40 heavy (non-hydrogen) atoms. The number of Topliss-reactive ketones (excluding diaryl/α,β-unsaturated/α-hetero) is 1. The Kier molecular flexibility index (Phi) is 6.98. The van der Waals surface area contributed by atoms with E-state index in [9.17, 15) is 14.7 Å². The molecule has 7 nitrogen and oxygen atoms in total. The third-order valence-corrected chi connectivity index (χ3v) is 8.35. The van der Waals surface area contributed by atoms with E-state index < -0.39 is 17.7 Å². The molecule has 0 radical (unpaired) electrons. The fourth-order valence-electron chi connectivity index (χ4n) is 5.17. The minimum atomic E-state index is -0.908. The highest BCUT2D eigenvalue weighted by Gasteiger charge is 2.48. The second-order valence-electron chi connectivity index (χ2n) is 10.0. The maximum atomic E-state index is 13.6. The molecule has 204 valence electrons. The van der Waals surface area contributed by atoms with Crippen molar-refractivity contribution in [1.29, 1.82) is 0 Å². The van der Waals surface area contributed by atoms with Gasteiger partial charge >= 0.3 is 5.91 Å². The average Bonchev–Trinajstić information content (AvgIpc) is 3.60. The zero-order chi connectivity index (χ0) is 28.0. The van der Waals surface area contributed by atoms with Crippen molar-refractivity contribution in [3.63, 3.8) is 0 Å². The van der Waals surface area contributed by atoms with Gasteiger partial charge in [-0.05, 0) is 73.0 Å². The van der Waals surface area contributed by atoms with Gasteiger partial charge in [0.05, 0.1) is 28.4 Å². The Bertz CT molecular complexity index is 1680. The summed E-state index contributed by atoms with van der Waals surface area (Å²) in [6.45, 7) is 4.62. The van der Waals surface area contributed by atoms with Gasteiger partial charge in [-0.25, -0.2) is 4.98 Å². The zero-order valence-electron chi connectivity index (χ0n) is 22.0. The second kappa shape index (κ2) is 10.6. The molecule has 1 saturated heterocycles. The number of hydrogen-bond donors (Lipinski definition) is 1. The predicted molar refractivity (Wildman–Crippen MR) is 156 cm³/mol. The lowest BCUT2D eigenvalue weighted by atomic mass is 9.94. The van der Waals surface area contributed by atoms with Gasteiger partial charge in [0.1, 0.15) is 23.4 Å². The van der Waals surface area contributed by atoms with Crippen molar-refractivity contribution in [3.05, 3.63) is 87.9 Å². The monoisotopic (exact) mass is 574 g/mol. The van der Waals surface area contributed by atoms with Crippen molar-refractivity contribution in [2.24, 2.45) is 0 Å². The molecule has 0 aliphatic carbocycles. The van der Waals surface area contributed by atoms with Crippen LogP contribution in [0.15, 0.2) is 66.2 Å². The van der Waals surface area contributed by atoms with E-state index in [4.69, 9.17) is 21.1 Å². The number of aromatic nitrogens is 1. The highest BCUT2D eigenvalue weighted by molar-refractivity contribution is 7.22. The van der Waals surface area contributed by atoms with E-state index in [1.54, 1.807) is 30.3 Å². The first-order valence-electron chi connectivity index (χ1n) is 13.2. The molecule has 2 aliphatic heterocycles. The fourth-order valence-corrected chi connectivity index (χ4v) is 6.44. The third kappa shape index (κ3) is 4.71. The number of ether oxygens (including phenoxy) is 2. The van der Waals surface area contributed by atoms with Gasteiger partial charge < -0.3 is 14.6 Å². The lowest BCUT2D eigenvalue weighted by Gasteiger charge is -2.23. The normalized spacial score (nSPS) is 19.7. The summed E-state index contributed by atoms with van der Waals surface area (Å²) in [6, 6.07) is 17.0. The maximum absolute atomic E-state index is 13.6. The number of carbonyl (C=O) groups is 2. The highest BCUT2D eigenvalue weighted by Crippen LogP contribution is 2.45. The summed E-state index contributed by atoms with van der Waals surface area (Å²) in [4.78, 5) is 33.3. The Morgan fingerprint density at radius 1 is 1.18 bits per heavy atom. The van der Waals surface area contributed by atoms with E-state index in [0.717, 1.165) is 28.9 Å². The Balaban J connectivity index is 1.50. The molecule has 4 aromatic rings. The summed E-state index contributed by atoms with van der Waals surface area (Å²) >= 11 is 7.46. The van der Waals surface area contributed by atoms with Gasteiger partial charge in [-0.3, -0.25) is 14.5 Å². The van der Waals surface area contributed by atoms with E-state index >= 15 is 0 Å². The molecule has 2 atom stereocenters. The van der Waals surface area contributed by atoms with E-state index in [0.29, 0.717) is 45.6 Å². The van der Waals surface area contributed by atoms with Crippen LogP contribution in [0.4, 0.5) is 5.13 Å². The molecule has 1 N–H and O–H groups in total. The summed E-state index contributed by atoms with van der Waals surface area (Å²) < 4.78 is 12.5. The summed E-state index contributed by atoms with van der Waals surface area (Å²) in [5, 5.41) is 12.5. The van der Waals surface area contributed by atoms with Gasteiger partial charge in [-0.2, -0.15) is 0 Å². The van der Waals surface area contributed by atoms with Crippen LogP contribution in [0.3, 0.4) is 0 Å². The zero-order valence-corrected chi connectivity index (χ0v) is 23.6. The van der Waals surface area contributed by atoms with Crippen LogP contribution >= 0.6 is 22.9 Å². The smallest absolute Gasteiger partial charge is 0.301 e. The SMILES string of the molecule is CCCCOc1cccc([C@H]2C(=C(O)c3ccc4c(c3)C[C@@H](C)O4)C(=O)C(=O)N2c2nc3ccc(Cl)cc3s2)c1. The number of benzene rings is 3. The Morgan fingerprint density at radius 2 is 2.02 bits per heavy atom. The number of unbranched alkanes of at least 4 members (excludes halogenated alkanes) is 1. The van der Waals surface area contributed by atoms with Crippen LogP contribution in [0, 0.1) is 0 Å². The summed E-state index contributed by atoms with van der Waals surface area (Å²) in [7, 11) is 0. The Labute approximate surface area is 240 Å². The van der Waals surface area contributed by atoms with Gasteiger partial charge in [-0.15, -0.1) is 0 Å². The number of aliphatic hydroxyl groups excluding tert-OH is 1. The maximum Gasteiger partial charge on any atom is 0.301 e. The average molecular weight is 575 g/mol. The van der Waals surface area contributed by atoms with Gasteiger partial charge in [0.15, 0.2) is 5.13 Å². The molecule has 3 aromatic carbocycles. The molecule has 0 saturated carbocycles. The van der Waals surface area contributed by atoms with Gasteiger partial charge in [0, 0.05) is 17.0 Å². The first-order valence-corrected chi connectivity index (χ1v) is 14.4. The van der Waals surface area contributed by atoms with Crippen molar-refractivity contribution < 1.29 is 24.2 Å². The van der Waals surface area contributed by atoms with Gasteiger partial charge in [0.2, 0.25) is 0 Å². The Morgan fingerprint density at radius 3 is 2.85 bits per heavy atom. The van der Waals surface area contributed by atoms with E-state index in [1.165, 1.54) is 16.2 Å². The van der Waals surface area contributed by atoms with E-state index in [2.05, 4.69) is 11.9 Å². The first kappa shape index (κ1) is 26.3. The largest absolute Gasteiger partial charge is 0.507 e. The Hall–Kier alpha value is -3.88. The van der Waals surface area contributed by atoms with Crippen molar-refractivity contribution in [1.82, 2.24) is 4.98 Å². The molecule has 9 heteroatoms. The van der Waals surface area contributed by atoms with Crippen LogP contribution in [-0.4, -0.2) is 34.5 Å². The van der Waals surface area contributed by atoms with Gasteiger partial charge in [0.25, 0.3) is 5.78 Å². The molecule has 0 bridgehead atoms. The van der Waals surface area contributed by atoms with Crippen molar-refractivity contribution in [2.75, 3.05) is 11.5 Å². The lowest BCUT2D eigenvalue weighted by molar-refractivity contribution is -0.132. The number of hydrogen-bond acceptors (Lipinski definition) is 7. The van der Waals surface area contributed by atoms with Crippen molar-refractivity contribution in [3.8, 4) is 11.5 Å². The number of rotatable bonds is 7.